The van der Waals surface area contributed by atoms with E-state index in [0.717, 1.165) is 11.3 Å². The summed E-state index contributed by atoms with van der Waals surface area (Å²) in [6.45, 7) is 1.17. The lowest BCUT2D eigenvalue weighted by Gasteiger charge is -2.28. The van der Waals surface area contributed by atoms with E-state index in [9.17, 15) is 0 Å². The summed E-state index contributed by atoms with van der Waals surface area (Å²) in [6.07, 6.45) is 10.3. The molecule has 1 N–H and O–H groups in total. The molecule has 1 fully saturated rings. The van der Waals surface area contributed by atoms with Crippen LogP contribution >= 0.6 is 11.8 Å². The minimum atomic E-state index is 0.770. The number of rotatable bonds is 6. The second kappa shape index (κ2) is 7.85. The molecule has 0 aliphatic heterocycles. The zero-order valence-corrected chi connectivity index (χ0v) is 12.2. The fraction of sp³-hybridized carbons (Fsp3) is 0.625. The van der Waals surface area contributed by atoms with Gasteiger partial charge in [0.2, 0.25) is 0 Å². The average molecular weight is 263 g/mol. The Bertz CT molecular complexity index is 325. The molecule has 1 saturated carbocycles. The summed E-state index contributed by atoms with van der Waals surface area (Å²) in [6, 6.07) is 11.6. The first-order chi connectivity index (χ1) is 8.88. The van der Waals surface area contributed by atoms with Crippen molar-refractivity contribution in [1.29, 1.82) is 0 Å². The van der Waals surface area contributed by atoms with Gasteiger partial charge in [-0.25, -0.2) is 0 Å². The van der Waals surface area contributed by atoms with Gasteiger partial charge in [-0.1, -0.05) is 36.8 Å². The van der Waals surface area contributed by atoms with Gasteiger partial charge in [0.05, 0.1) is 0 Å². The van der Waals surface area contributed by atoms with Crippen LogP contribution in [0, 0.1) is 0 Å². The normalized spacial score (nSPS) is 24.1. The Morgan fingerprint density at radius 3 is 2.83 bits per heavy atom. The topological polar surface area (TPSA) is 12.0 Å². The number of nitrogens with one attached hydrogen (secondary N) is 1. The number of hydrogen-bond acceptors (Lipinski definition) is 2. The third-order valence-electron chi connectivity index (χ3n) is 3.88. The zero-order valence-electron chi connectivity index (χ0n) is 11.4. The molecule has 0 aromatic heterocycles. The Labute approximate surface area is 116 Å². The monoisotopic (exact) mass is 263 g/mol. The molecule has 0 radical (unpaired) electrons. The second-order valence-electron chi connectivity index (χ2n) is 5.26. The highest BCUT2D eigenvalue weighted by atomic mass is 32.2. The molecular weight excluding hydrogens is 238 g/mol. The van der Waals surface area contributed by atoms with Gasteiger partial charge in [-0.3, -0.25) is 0 Å². The molecule has 0 spiro atoms. The molecule has 2 heteroatoms. The summed E-state index contributed by atoms with van der Waals surface area (Å²) in [4.78, 5) is 0. The number of aryl methyl sites for hydroxylation is 1. The molecule has 0 amide bonds. The highest BCUT2D eigenvalue weighted by Crippen LogP contribution is 2.26. The number of benzene rings is 1. The molecular formula is C16H25NS. The average Bonchev–Trinajstić information content (AvgIpc) is 2.45. The van der Waals surface area contributed by atoms with Gasteiger partial charge in [0.1, 0.15) is 0 Å². The van der Waals surface area contributed by atoms with Gasteiger partial charge in [-0.15, -0.1) is 0 Å². The van der Waals surface area contributed by atoms with Crippen LogP contribution in [0.5, 0.6) is 0 Å². The Morgan fingerprint density at radius 2 is 2.06 bits per heavy atom. The minimum absolute atomic E-state index is 0.770. The Kier molecular flexibility index (Phi) is 6.09. The number of thioether (sulfide) groups is 1. The van der Waals surface area contributed by atoms with E-state index in [4.69, 9.17) is 0 Å². The van der Waals surface area contributed by atoms with Crippen LogP contribution in [0.25, 0.3) is 0 Å². The standard InChI is InChI=1S/C16H25NS/c1-18-16-11-5-10-15(13-16)17-12-6-9-14-7-3-2-4-8-14/h2-4,7-8,15-17H,5-6,9-13H2,1H3. The Hall–Kier alpha value is -0.470. The summed E-state index contributed by atoms with van der Waals surface area (Å²) in [5.74, 6) is 0. The van der Waals surface area contributed by atoms with E-state index in [-0.39, 0.29) is 0 Å². The van der Waals surface area contributed by atoms with Gasteiger partial charge < -0.3 is 5.32 Å². The van der Waals surface area contributed by atoms with Crippen molar-refractivity contribution in [2.75, 3.05) is 12.8 Å². The third-order valence-corrected chi connectivity index (χ3v) is 4.97. The molecule has 2 atom stereocenters. The zero-order chi connectivity index (χ0) is 12.6. The molecule has 1 aliphatic carbocycles. The van der Waals surface area contributed by atoms with Crippen molar-refractivity contribution in [3.63, 3.8) is 0 Å². The Balaban J connectivity index is 1.60. The first-order valence-electron chi connectivity index (χ1n) is 7.18. The van der Waals surface area contributed by atoms with Gasteiger partial charge in [-0.05, 0) is 50.5 Å². The number of hydrogen-bond donors (Lipinski definition) is 1. The SMILES string of the molecule is CSC1CCCC(NCCCc2ccccc2)C1. The molecule has 2 rings (SSSR count). The molecule has 0 heterocycles. The summed E-state index contributed by atoms with van der Waals surface area (Å²) in [5.41, 5.74) is 1.46. The lowest BCUT2D eigenvalue weighted by atomic mass is 9.95. The smallest absolute Gasteiger partial charge is 0.00776 e. The van der Waals surface area contributed by atoms with Crippen molar-refractivity contribution in [3.8, 4) is 0 Å². The fourth-order valence-electron chi connectivity index (χ4n) is 2.79. The molecule has 1 aromatic rings. The molecule has 1 aromatic carbocycles. The Morgan fingerprint density at radius 1 is 1.22 bits per heavy atom. The van der Waals surface area contributed by atoms with E-state index < -0.39 is 0 Å². The molecule has 1 nitrogen and oxygen atoms in total. The van der Waals surface area contributed by atoms with E-state index in [1.807, 2.05) is 11.8 Å². The van der Waals surface area contributed by atoms with Crippen molar-refractivity contribution in [2.24, 2.45) is 0 Å². The van der Waals surface area contributed by atoms with E-state index in [1.54, 1.807) is 0 Å². The molecule has 100 valence electrons. The summed E-state index contributed by atoms with van der Waals surface area (Å²) in [5, 5.41) is 4.64. The lowest BCUT2D eigenvalue weighted by molar-refractivity contribution is 0.380. The van der Waals surface area contributed by atoms with E-state index >= 15 is 0 Å². The van der Waals surface area contributed by atoms with Crippen molar-refractivity contribution in [1.82, 2.24) is 5.32 Å². The van der Waals surface area contributed by atoms with E-state index in [0.29, 0.717) is 0 Å². The molecule has 2 unspecified atom stereocenters. The van der Waals surface area contributed by atoms with Crippen LogP contribution in [0.3, 0.4) is 0 Å². The fourth-order valence-corrected chi connectivity index (χ4v) is 3.61. The largest absolute Gasteiger partial charge is 0.314 e. The van der Waals surface area contributed by atoms with Crippen molar-refractivity contribution >= 4 is 11.8 Å². The van der Waals surface area contributed by atoms with Gasteiger partial charge in [0.25, 0.3) is 0 Å². The summed E-state index contributed by atoms with van der Waals surface area (Å²) < 4.78 is 0. The summed E-state index contributed by atoms with van der Waals surface area (Å²) in [7, 11) is 0. The van der Waals surface area contributed by atoms with E-state index in [1.165, 1.54) is 50.6 Å². The lowest BCUT2D eigenvalue weighted by Crippen LogP contribution is -2.35. The van der Waals surface area contributed by atoms with Gasteiger partial charge in [0.15, 0.2) is 0 Å². The predicted molar refractivity (Wildman–Crippen MR) is 82.3 cm³/mol. The third kappa shape index (κ3) is 4.66. The van der Waals surface area contributed by atoms with Crippen LogP contribution < -0.4 is 5.32 Å². The van der Waals surface area contributed by atoms with Gasteiger partial charge in [0, 0.05) is 11.3 Å². The molecule has 18 heavy (non-hydrogen) atoms. The van der Waals surface area contributed by atoms with Gasteiger partial charge in [-0.2, -0.15) is 11.8 Å². The second-order valence-corrected chi connectivity index (χ2v) is 6.40. The minimum Gasteiger partial charge on any atom is -0.314 e. The van der Waals surface area contributed by atoms with Crippen LogP contribution in [0.1, 0.15) is 37.7 Å². The van der Waals surface area contributed by atoms with Crippen LogP contribution in [0.2, 0.25) is 0 Å². The van der Waals surface area contributed by atoms with Crippen LogP contribution in [0.4, 0.5) is 0 Å². The van der Waals surface area contributed by atoms with Crippen LogP contribution in [-0.4, -0.2) is 24.1 Å². The van der Waals surface area contributed by atoms with E-state index in [2.05, 4.69) is 41.9 Å². The van der Waals surface area contributed by atoms with Gasteiger partial charge >= 0.3 is 0 Å². The maximum atomic E-state index is 3.74. The first kappa shape index (κ1) is 14.0. The molecule has 1 aliphatic rings. The highest BCUT2D eigenvalue weighted by molar-refractivity contribution is 7.99. The maximum Gasteiger partial charge on any atom is 0.00776 e. The quantitative estimate of drug-likeness (QED) is 0.782. The van der Waals surface area contributed by atoms with Crippen molar-refractivity contribution in [2.45, 2.75) is 49.8 Å². The predicted octanol–water partition coefficient (Wildman–Crippen LogP) is 3.88. The molecule has 0 bridgehead atoms. The van der Waals surface area contributed by atoms with Crippen molar-refractivity contribution < 1.29 is 0 Å². The first-order valence-corrected chi connectivity index (χ1v) is 8.47. The highest BCUT2D eigenvalue weighted by Gasteiger charge is 2.20. The van der Waals surface area contributed by atoms with Crippen LogP contribution in [-0.2, 0) is 6.42 Å². The van der Waals surface area contributed by atoms with Crippen molar-refractivity contribution in [3.05, 3.63) is 35.9 Å². The van der Waals surface area contributed by atoms with Crippen LogP contribution in [0.15, 0.2) is 30.3 Å². The molecule has 0 saturated heterocycles. The maximum absolute atomic E-state index is 3.74. The summed E-state index contributed by atoms with van der Waals surface area (Å²) >= 11 is 2.05.